The number of sulfonamides is 1. The second-order valence-electron chi connectivity index (χ2n) is 16.9. The number of nitrogens with zero attached hydrogens (tertiary/aromatic N) is 13. The summed E-state index contributed by atoms with van der Waals surface area (Å²) in [6, 6.07) is 10.3. The maximum Gasteiger partial charge on any atom is 0.280 e. The molecule has 2 aliphatic heterocycles. The summed E-state index contributed by atoms with van der Waals surface area (Å²) in [4.78, 5) is 43.6. The molecule has 0 atom stereocenters. The van der Waals surface area contributed by atoms with Crippen molar-refractivity contribution in [1.29, 1.82) is 10.5 Å². The zero-order valence-corrected chi connectivity index (χ0v) is 39.2. The minimum Gasteiger partial charge on any atom is -0.351 e. The average Bonchev–Trinajstić information content (AvgIpc) is 4.15. The fourth-order valence-corrected chi connectivity index (χ4v) is 11.0. The lowest BCUT2D eigenvalue weighted by Crippen LogP contribution is -2.57. The number of nitriles is 2. The van der Waals surface area contributed by atoms with Crippen molar-refractivity contribution >= 4 is 63.7 Å². The van der Waals surface area contributed by atoms with Crippen LogP contribution in [0.15, 0.2) is 68.7 Å². The van der Waals surface area contributed by atoms with Crippen molar-refractivity contribution in [2.45, 2.75) is 98.4 Å². The van der Waals surface area contributed by atoms with E-state index in [-0.39, 0.29) is 63.5 Å². The van der Waals surface area contributed by atoms with E-state index in [4.69, 9.17) is 10.7 Å². The molecular weight excluding hydrogens is 924 g/mol. The van der Waals surface area contributed by atoms with E-state index in [0.29, 0.717) is 34.6 Å². The largest absolute Gasteiger partial charge is 0.351 e. The summed E-state index contributed by atoms with van der Waals surface area (Å²) in [5.74, 6) is 0.892. The Bertz CT molecular complexity index is 3220. The number of piperidine rings is 1. The fourth-order valence-electron chi connectivity index (χ4n) is 8.79. The van der Waals surface area contributed by atoms with Crippen LogP contribution in [-0.2, 0) is 33.2 Å². The molecule has 0 radical (unpaired) electrons. The van der Waals surface area contributed by atoms with Crippen molar-refractivity contribution in [3.05, 3.63) is 80.9 Å². The van der Waals surface area contributed by atoms with Crippen molar-refractivity contribution in [1.82, 2.24) is 58.3 Å². The van der Waals surface area contributed by atoms with Gasteiger partial charge in [-0.1, -0.05) is 25.7 Å². The van der Waals surface area contributed by atoms with Crippen LogP contribution in [0.1, 0.15) is 87.4 Å². The number of anilines is 2. The van der Waals surface area contributed by atoms with Crippen LogP contribution in [0.5, 0.6) is 0 Å². The molecule has 67 heavy (non-hydrogen) atoms. The highest BCUT2D eigenvalue weighted by molar-refractivity contribution is 8.13. The van der Waals surface area contributed by atoms with Gasteiger partial charge in [0.05, 0.1) is 6.04 Å². The van der Waals surface area contributed by atoms with Crippen molar-refractivity contribution < 1.29 is 16.8 Å². The lowest BCUT2D eigenvalue weighted by molar-refractivity contribution is 0.279. The molecule has 2 saturated heterocycles. The lowest BCUT2D eigenvalue weighted by atomic mass is 10.1. The van der Waals surface area contributed by atoms with Gasteiger partial charge in [0, 0.05) is 91.6 Å². The zero-order chi connectivity index (χ0) is 47.5. The highest BCUT2D eigenvalue weighted by atomic mass is 35.7. The van der Waals surface area contributed by atoms with E-state index in [1.807, 2.05) is 12.1 Å². The highest BCUT2D eigenvalue weighted by Gasteiger charge is 2.38. The first-order valence-corrected chi connectivity index (χ1v) is 25.7. The molecule has 22 nitrogen and oxygen atoms in total. The topological polar surface area (TPSA) is 286 Å². The van der Waals surface area contributed by atoms with E-state index in [0.717, 1.165) is 82.7 Å². The maximum atomic E-state index is 12.9. The Balaban J connectivity index is 0.000000154. The summed E-state index contributed by atoms with van der Waals surface area (Å²) in [6.45, 7) is 2.51. The zero-order valence-electron chi connectivity index (χ0n) is 36.8. The molecule has 6 aromatic rings. The summed E-state index contributed by atoms with van der Waals surface area (Å²) in [6.07, 6.45) is 16.4. The van der Waals surface area contributed by atoms with Gasteiger partial charge in [-0.05, 0) is 75.9 Å². The molecular formula is C42H49ClN16O6S2. The summed E-state index contributed by atoms with van der Waals surface area (Å²) in [5, 5.41) is 37.4. The van der Waals surface area contributed by atoms with Crippen molar-refractivity contribution in [3.63, 3.8) is 0 Å². The van der Waals surface area contributed by atoms with Crippen LogP contribution in [0.25, 0.3) is 22.1 Å². The maximum absolute atomic E-state index is 12.9. The second kappa shape index (κ2) is 19.9. The Hall–Kier alpha value is -6.31. The van der Waals surface area contributed by atoms with E-state index < -0.39 is 19.1 Å². The Morgan fingerprint density at radius 2 is 1.13 bits per heavy atom. The van der Waals surface area contributed by atoms with Crippen LogP contribution in [0, 0.1) is 22.7 Å². The highest BCUT2D eigenvalue weighted by Crippen LogP contribution is 2.32. The van der Waals surface area contributed by atoms with Crippen LogP contribution in [0.2, 0.25) is 0 Å². The summed E-state index contributed by atoms with van der Waals surface area (Å²) < 4.78 is 53.8. The molecule has 2 aliphatic carbocycles. The molecule has 10 rings (SSSR count). The molecule has 0 spiro atoms. The Labute approximate surface area is 390 Å². The van der Waals surface area contributed by atoms with E-state index in [1.54, 1.807) is 47.9 Å². The minimum absolute atomic E-state index is 0.0174. The number of aromatic nitrogens is 10. The quantitative estimate of drug-likeness (QED) is 0.175. The molecule has 0 bridgehead atoms. The first-order chi connectivity index (χ1) is 32.1. The lowest BCUT2D eigenvalue weighted by Gasteiger charge is -2.37. The van der Waals surface area contributed by atoms with Gasteiger partial charge in [-0.2, -0.15) is 35.0 Å². The standard InChI is InChI=1S/C20H22N8O3S.C18H22N6O.C4H5ClN2O2S/c1-26-7-6-17(25-26)32(30,31)27-11-15(12-27)23-20-22-10-14-8-13(9-21)19(29)28(18(14)24-20)16-4-2-3-5-16;19-10-12-9-13-11-21-18(22-14-5-7-20-8-6-14)23-16(13)24(17(12)25)15-3-1-2-4-15;1-7-3-2-4(6-7)10(5,8)9/h6-8,10,15-16H,2-5,11-12H2,1H3,(H,22,23,24);9,11,14-15,20H,1-8H2,(H,21,22,23);2-3H,1H3. The smallest absolute Gasteiger partial charge is 0.280 e. The second-order valence-corrected chi connectivity index (χ2v) is 21.3. The van der Waals surface area contributed by atoms with Crippen molar-refractivity contribution in [2.75, 3.05) is 36.8 Å². The molecule has 25 heteroatoms. The number of aryl methyl sites for hydroxylation is 2. The fraction of sp³-hybridized carbons (Fsp3) is 0.476. The van der Waals surface area contributed by atoms with Crippen LogP contribution < -0.4 is 27.1 Å². The SMILES string of the molecule is Cn1ccc(S(=O)(=O)Cl)n1.Cn1ccc(S(=O)(=O)N2CC(Nc3ncc4cc(C#N)c(=O)n(C5CCCC5)c4n3)C2)n1.N#Cc1cc2cnc(NC3CCNCC3)nc2n(C2CCCC2)c1=O. The third-order valence-electron chi connectivity index (χ3n) is 12.3. The number of fused-ring (bicyclic) bond motifs is 2. The molecule has 3 N–H and O–H groups in total. The predicted molar refractivity (Wildman–Crippen MR) is 247 cm³/mol. The molecule has 352 valence electrons. The van der Waals surface area contributed by atoms with Gasteiger partial charge in [0.25, 0.3) is 30.2 Å². The molecule has 4 aliphatic rings. The number of hydrogen-bond acceptors (Lipinski definition) is 17. The number of pyridine rings is 2. The number of hydrogen-bond donors (Lipinski definition) is 3. The predicted octanol–water partition coefficient (Wildman–Crippen LogP) is 3.29. The number of halogens is 1. The summed E-state index contributed by atoms with van der Waals surface area (Å²) >= 11 is 0. The molecule has 4 fully saturated rings. The van der Waals surface area contributed by atoms with E-state index in [9.17, 15) is 36.9 Å². The normalized spacial score (nSPS) is 17.5. The van der Waals surface area contributed by atoms with Gasteiger partial charge in [-0.25, -0.2) is 26.8 Å². The van der Waals surface area contributed by atoms with Crippen molar-refractivity contribution in [3.8, 4) is 12.1 Å². The number of nitrogens with one attached hydrogen (secondary N) is 3. The summed E-state index contributed by atoms with van der Waals surface area (Å²) in [5.41, 5.74) is 0.837. The van der Waals surface area contributed by atoms with Crippen LogP contribution in [0.3, 0.4) is 0 Å². The van der Waals surface area contributed by atoms with Gasteiger partial charge in [0.1, 0.15) is 34.6 Å². The van der Waals surface area contributed by atoms with Crippen LogP contribution >= 0.6 is 10.7 Å². The Kier molecular flexibility index (Phi) is 14.0. The first-order valence-electron chi connectivity index (χ1n) is 22.0. The van der Waals surface area contributed by atoms with Gasteiger partial charge < -0.3 is 16.0 Å². The van der Waals surface area contributed by atoms with Gasteiger partial charge in [-0.3, -0.25) is 28.1 Å². The molecule has 8 heterocycles. The molecule has 6 aromatic heterocycles. The van der Waals surface area contributed by atoms with Crippen LogP contribution in [0.4, 0.5) is 11.9 Å². The monoisotopic (exact) mass is 972 g/mol. The first kappa shape index (κ1) is 47.2. The van der Waals surface area contributed by atoms with E-state index in [2.05, 4.69) is 46.1 Å². The van der Waals surface area contributed by atoms with E-state index in [1.165, 1.54) is 38.1 Å². The van der Waals surface area contributed by atoms with Crippen molar-refractivity contribution in [2.24, 2.45) is 14.1 Å². The number of rotatable bonds is 9. The average molecular weight is 974 g/mol. The van der Waals surface area contributed by atoms with Gasteiger partial charge in [-0.15, -0.1) is 0 Å². The molecule has 0 aromatic carbocycles. The molecule has 0 unspecified atom stereocenters. The van der Waals surface area contributed by atoms with E-state index >= 15 is 0 Å². The summed E-state index contributed by atoms with van der Waals surface area (Å²) in [7, 11) is 0.983. The Morgan fingerprint density at radius 1 is 0.687 bits per heavy atom. The van der Waals surface area contributed by atoms with Gasteiger partial charge in [0.2, 0.25) is 11.9 Å². The third kappa shape index (κ3) is 10.5. The Morgan fingerprint density at radius 3 is 1.54 bits per heavy atom. The molecule has 2 saturated carbocycles. The van der Waals surface area contributed by atoms with Crippen LogP contribution in [-0.4, -0.2) is 108 Å². The van der Waals surface area contributed by atoms with Gasteiger partial charge >= 0.3 is 0 Å². The molecule has 0 amide bonds. The minimum atomic E-state index is -3.64. The van der Waals surface area contributed by atoms with Gasteiger partial charge in [0.15, 0.2) is 10.1 Å². The third-order valence-corrected chi connectivity index (χ3v) is 15.2.